The first-order valence-corrected chi connectivity index (χ1v) is 8.39. The summed E-state index contributed by atoms with van der Waals surface area (Å²) in [5.41, 5.74) is 8.19. The first-order chi connectivity index (χ1) is 9.76. The fourth-order valence-electron chi connectivity index (χ4n) is 3.03. The molecule has 0 radical (unpaired) electrons. The van der Waals surface area contributed by atoms with Gasteiger partial charge in [-0.3, -0.25) is 0 Å². The molecule has 0 bridgehead atoms. The number of nitrogens with zero attached hydrogens (tertiary/aromatic N) is 1. The quantitative estimate of drug-likeness (QED) is 0.911. The number of rotatable bonds is 3. The fourth-order valence-corrected chi connectivity index (χ4v) is 4.50. The Balaban J connectivity index is 1.89. The summed E-state index contributed by atoms with van der Waals surface area (Å²) in [6.07, 6.45) is 5.35. The topological polar surface area (TPSA) is 38.9 Å². The molecule has 1 aliphatic rings. The Labute approximate surface area is 125 Å². The highest BCUT2D eigenvalue weighted by Crippen LogP contribution is 2.37. The Morgan fingerprint density at radius 1 is 1.30 bits per heavy atom. The first-order valence-electron chi connectivity index (χ1n) is 7.51. The van der Waals surface area contributed by atoms with Crippen LogP contribution in [-0.4, -0.2) is 10.2 Å². The molecule has 1 heterocycles. The molecule has 1 aromatic heterocycles. The van der Waals surface area contributed by atoms with E-state index in [0.29, 0.717) is 11.8 Å². The van der Waals surface area contributed by atoms with Gasteiger partial charge in [-0.2, -0.15) is 0 Å². The zero-order valence-corrected chi connectivity index (χ0v) is 12.8. The maximum atomic E-state index is 5.92. The standard InChI is InChI=1S/C17H22N2S/c1-12-5-4-7-15(9-12)20-17-14(11-18)10-13-6-2-3-8-16(13)19-17/h2-3,6,8,10,12,15H,4-5,7,9,11,18H2,1H3. The molecule has 1 aliphatic carbocycles. The van der Waals surface area contributed by atoms with Crippen molar-refractivity contribution >= 4 is 22.7 Å². The Morgan fingerprint density at radius 3 is 2.95 bits per heavy atom. The summed E-state index contributed by atoms with van der Waals surface area (Å²) in [7, 11) is 0. The maximum Gasteiger partial charge on any atom is 0.101 e. The molecule has 2 nitrogen and oxygen atoms in total. The molecule has 2 unspecified atom stereocenters. The number of aromatic nitrogens is 1. The number of thioether (sulfide) groups is 1. The van der Waals surface area contributed by atoms with Gasteiger partial charge in [0.05, 0.1) is 5.52 Å². The highest BCUT2D eigenvalue weighted by molar-refractivity contribution is 7.99. The van der Waals surface area contributed by atoms with Gasteiger partial charge in [0.1, 0.15) is 5.03 Å². The van der Waals surface area contributed by atoms with Gasteiger partial charge in [-0.1, -0.05) is 38.0 Å². The van der Waals surface area contributed by atoms with Gasteiger partial charge >= 0.3 is 0 Å². The number of hydrogen-bond acceptors (Lipinski definition) is 3. The molecule has 3 heteroatoms. The molecular weight excluding hydrogens is 264 g/mol. The number of fused-ring (bicyclic) bond motifs is 1. The summed E-state index contributed by atoms with van der Waals surface area (Å²) in [6, 6.07) is 10.5. The monoisotopic (exact) mass is 286 g/mol. The van der Waals surface area contributed by atoms with Crippen molar-refractivity contribution in [3.8, 4) is 0 Å². The van der Waals surface area contributed by atoms with Crippen LogP contribution in [0.25, 0.3) is 10.9 Å². The zero-order valence-electron chi connectivity index (χ0n) is 12.0. The van der Waals surface area contributed by atoms with Gasteiger partial charge in [-0.25, -0.2) is 4.98 Å². The highest BCUT2D eigenvalue weighted by Gasteiger charge is 2.21. The van der Waals surface area contributed by atoms with E-state index >= 15 is 0 Å². The SMILES string of the molecule is CC1CCCC(Sc2nc3ccccc3cc2CN)C1. The largest absolute Gasteiger partial charge is 0.326 e. The predicted molar refractivity (Wildman–Crippen MR) is 86.9 cm³/mol. The lowest BCUT2D eigenvalue weighted by Gasteiger charge is -2.26. The number of nitrogens with two attached hydrogens (primary N) is 1. The van der Waals surface area contributed by atoms with Crippen LogP contribution in [0.2, 0.25) is 0 Å². The molecule has 1 aromatic carbocycles. The molecule has 0 amide bonds. The van der Waals surface area contributed by atoms with Gasteiger partial charge in [0.15, 0.2) is 0 Å². The number of benzene rings is 1. The van der Waals surface area contributed by atoms with Crippen LogP contribution >= 0.6 is 11.8 Å². The van der Waals surface area contributed by atoms with E-state index in [1.165, 1.54) is 36.6 Å². The van der Waals surface area contributed by atoms with E-state index in [0.717, 1.165) is 16.5 Å². The van der Waals surface area contributed by atoms with E-state index < -0.39 is 0 Å². The Hall–Kier alpha value is -1.06. The summed E-state index contributed by atoms with van der Waals surface area (Å²) in [4.78, 5) is 4.85. The third kappa shape index (κ3) is 2.99. The molecule has 2 N–H and O–H groups in total. The second kappa shape index (κ2) is 6.15. The Morgan fingerprint density at radius 2 is 2.15 bits per heavy atom. The fraction of sp³-hybridized carbons (Fsp3) is 0.471. The molecule has 106 valence electrons. The average Bonchev–Trinajstić information content (AvgIpc) is 2.46. The summed E-state index contributed by atoms with van der Waals surface area (Å²) < 4.78 is 0. The van der Waals surface area contributed by atoms with E-state index in [1.54, 1.807) is 0 Å². The predicted octanol–water partition coefficient (Wildman–Crippen LogP) is 4.36. The van der Waals surface area contributed by atoms with Crippen LogP contribution in [0.15, 0.2) is 35.4 Å². The second-order valence-electron chi connectivity index (χ2n) is 5.86. The normalized spacial score (nSPS) is 23.1. The minimum absolute atomic E-state index is 0.572. The van der Waals surface area contributed by atoms with Crippen molar-refractivity contribution in [2.45, 2.75) is 49.4 Å². The number of pyridine rings is 1. The smallest absolute Gasteiger partial charge is 0.101 e. The molecule has 3 rings (SSSR count). The lowest BCUT2D eigenvalue weighted by atomic mass is 9.91. The van der Waals surface area contributed by atoms with E-state index in [9.17, 15) is 0 Å². The molecule has 1 fully saturated rings. The van der Waals surface area contributed by atoms with Gasteiger partial charge in [-0.15, -0.1) is 11.8 Å². The van der Waals surface area contributed by atoms with Crippen LogP contribution < -0.4 is 5.73 Å². The number of para-hydroxylation sites is 1. The van der Waals surface area contributed by atoms with Crippen LogP contribution in [-0.2, 0) is 6.54 Å². The van der Waals surface area contributed by atoms with Crippen LogP contribution in [0.5, 0.6) is 0 Å². The van der Waals surface area contributed by atoms with Gasteiger partial charge < -0.3 is 5.73 Å². The minimum atomic E-state index is 0.572. The molecular formula is C17H22N2S. The van der Waals surface area contributed by atoms with E-state index in [4.69, 9.17) is 10.7 Å². The van der Waals surface area contributed by atoms with Gasteiger partial charge in [0, 0.05) is 17.2 Å². The summed E-state index contributed by atoms with van der Waals surface area (Å²) in [6.45, 7) is 2.94. The van der Waals surface area contributed by atoms with Crippen molar-refractivity contribution in [3.05, 3.63) is 35.9 Å². The van der Waals surface area contributed by atoms with Crippen LogP contribution in [0.4, 0.5) is 0 Å². The molecule has 0 aliphatic heterocycles. The summed E-state index contributed by atoms with van der Waals surface area (Å²) >= 11 is 1.94. The minimum Gasteiger partial charge on any atom is -0.326 e. The maximum absolute atomic E-state index is 5.92. The van der Waals surface area contributed by atoms with Crippen molar-refractivity contribution < 1.29 is 0 Å². The first kappa shape index (κ1) is 13.9. The molecule has 0 spiro atoms. The van der Waals surface area contributed by atoms with Crippen LogP contribution in [0.3, 0.4) is 0 Å². The average molecular weight is 286 g/mol. The highest BCUT2D eigenvalue weighted by atomic mass is 32.2. The lowest BCUT2D eigenvalue weighted by Crippen LogP contribution is -2.15. The summed E-state index contributed by atoms with van der Waals surface area (Å²) in [5.74, 6) is 0.850. The van der Waals surface area contributed by atoms with Crippen LogP contribution in [0, 0.1) is 5.92 Å². The zero-order chi connectivity index (χ0) is 13.9. The van der Waals surface area contributed by atoms with Gasteiger partial charge in [0.2, 0.25) is 0 Å². The molecule has 20 heavy (non-hydrogen) atoms. The van der Waals surface area contributed by atoms with E-state index in [-0.39, 0.29) is 0 Å². The molecule has 2 aromatic rings. The second-order valence-corrected chi connectivity index (χ2v) is 7.15. The van der Waals surface area contributed by atoms with Crippen molar-refractivity contribution in [2.75, 3.05) is 0 Å². The third-order valence-corrected chi connectivity index (χ3v) is 5.49. The Bertz CT molecular complexity index is 597. The lowest BCUT2D eigenvalue weighted by molar-refractivity contribution is 0.394. The Kier molecular flexibility index (Phi) is 4.27. The van der Waals surface area contributed by atoms with Crippen molar-refractivity contribution in [3.63, 3.8) is 0 Å². The van der Waals surface area contributed by atoms with Crippen molar-refractivity contribution in [1.29, 1.82) is 0 Å². The van der Waals surface area contributed by atoms with Crippen molar-refractivity contribution in [2.24, 2.45) is 11.7 Å². The van der Waals surface area contributed by atoms with E-state index in [2.05, 4.69) is 37.3 Å². The molecule has 0 saturated heterocycles. The molecule has 2 atom stereocenters. The van der Waals surface area contributed by atoms with Crippen LogP contribution in [0.1, 0.15) is 38.2 Å². The number of hydrogen-bond donors (Lipinski definition) is 1. The van der Waals surface area contributed by atoms with Gasteiger partial charge in [-0.05, 0) is 36.5 Å². The van der Waals surface area contributed by atoms with Gasteiger partial charge in [0.25, 0.3) is 0 Å². The molecule has 1 saturated carbocycles. The third-order valence-electron chi connectivity index (χ3n) is 4.15. The van der Waals surface area contributed by atoms with Crippen molar-refractivity contribution in [1.82, 2.24) is 4.98 Å². The van der Waals surface area contributed by atoms with E-state index in [1.807, 2.05) is 11.8 Å². The summed E-state index contributed by atoms with van der Waals surface area (Å²) in [5, 5.41) is 3.04.